The van der Waals surface area contributed by atoms with Gasteiger partial charge >= 0.3 is 5.97 Å². The maximum absolute atomic E-state index is 10.8. The Morgan fingerprint density at radius 2 is 1.75 bits per heavy atom. The van der Waals surface area contributed by atoms with Crippen molar-refractivity contribution in [1.29, 1.82) is 0 Å². The summed E-state index contributed by atoms with van der Waals surface area (Å²) in [5, 5.41) is 0. The Labute approximate surface area is 98.6 Å². The van der Waals surface area contributed by atoms with E-state index in [1.165, 1.54) is 18.2 Å². The molecule has 0 radical (unpaired) electrons. The summed E-state index contributed by atoms with van der Waals surface area (Å²) in [4.78, 5) is 10.8. The van der Waals surface area contributed by atoms with Gasteiger partial charge in [-0.3, -0.25) is 4.79 Å². The Balaban J connectivity index is 0.00000106. The second-order valence-electron chi connectivity index (χ2n) is 3.42. The van der Waals surface area contributed by atoms with Crippen LogP contribution in [0.3, 0.4) is 0 Å². The van der Waals surface area contributed by atoms with Crippen molar-refractivity contribution in [2.45, 2.75) is 40.0 Å². The van der Waals surface area contributed by atoms with E-state index in [2.05, 4.69) is 35.9 Å². The molecule has 0 N–H and O–H groups in total. The third-order valence-corrected chi connectivity index (χ3v) is 2.19. The second kappa shape index (κ2) is 8.96. The molecule has 0 bridgehead atoms. The van der Waals surface area contributed by atoms with Crippen molar-refractivity contribution in [3.05, 3.63) is 35.4 Å². The molecule has 90 valence electrons. The third-order valence-electron chi connectivity index (χ3n) is 2.19. The van der Waals surface area contributed by atoms with Crippen molar-refractivity contribution in [2.75, 3.05) is 7.11 Å². The highest BCUT2D eigenvalue weighted by molar-refractivity contribution is 5.69. The number of esters is 1. The molecule has 2 nitrogen and oxygen atoms in total. The SMILES string of the molecule is CC.COC(=O)CCCc1ccc(C)cc1. The van der Waals surface area contributed by atoms with Crippen LogP contribution >= 0.6 is 0 Å². The molecule has 2 heteroatoms. The van der Waals surface area contributed by atoms with Crippen molar-refractivity contribution < 1.29 is 9.53 Å². The number of aryl methyl sites for hydroxylation is 2. The highest BCUT2D eigenvalue weighted by Gasteiger charge is 1.99. The molecule has 16 heavy (non-hydrogen) atoms. The zero-order chi connectivity index (χ0) is 12.4. The number of hydrogen-bond donors (Lipinski definition) is 0. The lowest BCUT2D eigenvalue weighted by molar-refractivity contribution is -0.140. The minimum absolute atomic E-state index is 0.128. The molecule has 1 aromatic rings. The maximum atomic E-state index is 10.8. The first-order valence-electron chi connectivity index (χ1n) is 5.84. The molecular weight excluding hydrogens is 200 g/mol. The van der Waals surface area contributed by atoms with Gasteiger partial charge in [-0.15, -0.1) is 0 Å². The van der Waals surface area contributed by atoms with E-state index in [1.807, 2.05) is 13.8 Å². The van der Waals surface area contributed by atoms with Crippen LogP contribution in [0.5, 0.6) is 0 Å². The maximum Gasteiger partial charge on any atom is 0.305 e. The van der Waals surface area contributed by atoms with Gasteiger partial charge in [0.2, 0.25) is 0 Å². The number of rotatable bonds is 4. The molecule has 0 aliphatic rings. The average Bonchev–Trinajstić information content (AvgIpc) is 2.34. The monoisotopic (exact) mass is 222 g/mol. The number of hydrogen-bond acceptors (Lipinski definition) is 2. The highest BCUT2D eigenvalue weighted by atomic mass is 16.5. The van der Waals surface area contributed by atoms with Crippen LogP contribution in [0.25, 0.3) is 0 Å². The van der Waals surface area contributed by atoms with Crippen molar-refractivity contribution in [2.24, 2.45) is 0 Å². The fourth-order valence-corrected chi connectivity index (χ4v) is 1.29. The molecule has 0 unspecified atom stereocenters. The molecule has 0 aliphatic heterocycles. The molecule has 0 aromatic heterocycles. The van der Waals surface area contributed by atoms with Gasteiger partial charge in [0.1, 0.15) is 0 Å². The van der Waals surface area contributed by atoms with E-state index in [0.717, 1.165) is 12.8 Å². The minimum atomic E-state index is -0.128. The van der Waals surface area contributed by atoms with E-state index in [0.29, 0.717) is 6.42 Å². The van der Waals surface area contributed by atoms with Crippen LogP contribution in [0.2, 0.25) is 0 Å². The Morgan fingerprint density at radius 1 is 1.19 bits per heavy atom. The van der Waals surface area contributed by atoms with Gasteiger partial charge in [0, 0.05) is 6.42 Å². The predicted molar refractivity (Wildman–Crippen MR) is 67.5 cm³/mol. The molecule has 0 heterocycles. The molecule has 0 spiro atoms. The van der Waals surface area contributed by atoms with E-state index < -0.39 is 0 Å². The van der Waals surface area contributed by atoms with Crippen molar-refractivity contribution in [3.8, 4) is 0 Å². The standard InChI is InChI=1S/C12H16O2.C2H6/c1-10-6-8-11(9-7-10)4-3-5-12(13)14-2;1-2/h6-9H,3-5H2,1-2H3;1-2H3. The van der Waals surface area contributed by atoms with Crippen molar-refractivity contribution >= 4 is 5.97 Å². The van der Waals surface area contributed by atoms with E-state index in [4.69, 9.17) is 0 Å². The van der Waals surface area contributed by atoms with Gasteiger partial charge < -0.3 is 4.74 Å². The summed E-state index contributed by atoms with van der Waals surface area (Å²) in [5.41, 5.74) is 2.54. The van der Waals surface area contributed by atoms with Gasteiger partial charge in [0.15, 0.2) is 0 Å². The molecule has 0 atom stereocenters. The van der Waals surface area contributed by atoms with Crippen molar-refractivity contribution in [1.82, 2.24) is 0 Å². The lowest BCUT2D eigenvalue weighted by atomic mass is 10.1. The predicted octanol–water partition coefficient (Wildman–Crippen LogP) is 3.52. The number of carbonyl (C=O) groups is 1. The Kier molecular flexibility index (Phi) is 8.22. The lowest BCUT2D eigenvalue weighted by Crippen LogP contribution is -2.00. The van der Waals surface area contributed by atoms with Crippen LogP contribution in [0.15, 0.2) is 24.3 Å². The topological polar surface area (TPSA) is 26.3 Å². The smallest absolute Gasteiger partial charge is 0.305 e. The second-order valence-corrected chi connectivity index (χ2v) is 3.42. The summed E-state index contributed by atoms with van der Waals surface area (Å²) in [6.07, 6.45) is 2.30. The molecule has 0 amide bonds. The summed E-state index contributed by atoms with van der Waals surface area (Å²) in [5.74, 6) is -0.128. The zero-order valence-corrected chi connectivity index (χ0v) is 10.7. The zero-order valence-electron chi connectivity index (χ0n) is 10.7. The number of carbonyl (C=O) groups excluding carboxylic acids is 1. The first-order valence-corrected chi connectivity index (χ1v) is 5.84. The molecule has 0 saturated carbocycles. The van der Waals surface area contributed by atoms with Gasteiger partial charge in [-0.1, -0.05) is 43.7 Å². The normalized spacial score (nSPS) is 9.00. The van der Waals surface area contributed by atoms with Crippen LogP contribution in [0.4, 0.5) is 0 Å². The van der Waals surface area contributed by atoms with Gasteiger partial charge in [0.05, 0.1) is 7.11 Å². The average molecular weight is 222 g/mol. The Morgan fingerprint density at radius 3 is 2.25 bits per heavy atom. The largest absolute Gasteiger partial charge is 0.469 e. The minimum Gasteiger partial charge on any atom is -0.469 e. The van der Waals surface area contributed by atoms with Crippen LogP contribution in [-0.4, -0.2) is 13.1 Å². The van der Waals surface area contributed by atoms with Crippen LogP contribution in [-0.2, 0) is 16.0 Å². The fraction of sp³-hybridized carbons (Fsp3) is 0.500. The van der Waals surface area contributed by atoms with Gasteiger partial charge in [0.25, 0.3) is 0 Å². The van der Waals surface area contributed by atoms with Crippen molar-refractivity contribution in [3.63, 3.8) is 0 Å². The molecule has 0 saturated heterocycles. The van der Waals surface area contributed by atoms with E-state index >= 15 is 0 Å². The molecule has 0 aliphatic carbocycles. The summed E-state index contributed by atoms with van der Waals surface area (Å²) < 4.78 is 4.57. The quantitative estimate of drug-likeness (QED) is 0.729. The van der Waals surface area contributed by atoms with Gasteiger partial charge in [-0.05, 0) is 25.3 Å². The summed E-state index contributed by atoms with van der Waals surface area (Å²) in [7, 11) is 1.42. The Bertz CT molecular complexity index is 288. The van der Waals surface area contributed by atoms with E-state index in [-0.39, 0.29) is 5.97 Å². The molecule has 1 rings (SSSR count). The summed E-state index contributed by atoms with van der Waals surface area (Å²) in [6, 6.07) is 8.39. The highest BCUT2D eigenvalue weighted by Crippen LogP contribution is 2.07. The van der Waals surface area contributed by atoms with E-state index in [1.54, 1.807) is 0 Å². The first-order chi connectivity index (χ1) is 7.72. The number of methoxy groups -OCH3 is 1. The fourth-order valence-electron chi connectivity index (χ4n) is 1.29. The van der Waals surface area contributed by atoms with Crippen LogP contribution < -0.4 is 0 Å². The van der Waals surface area contributed by atoms with Crippen LogP contribution in [0.1, 0.15) is 37.8 Å². The number of benzene rings is 1. The third kappa shape index (κ3) is 6.23. The Hall–Kier alpha value is -1.31. The summed E-state index contributed by atoms with van der Waals surface area (Å²) in [6.45, 7) is 6.07. The molecular formula is C14H22O2. The molecule has 0 fully saturated rings. The van der Waals surface area contributed by atoms with Crippen LogP contribution in [0, 0.1) is 6.92 Å². The summed E-state index contributed by atoms with van der Waals surface area (Å²) >= 11 is 0. The van der Waals surface area contributed by atoms with Gasteiger partial charge in [-0.25, -0.2) is 0 Å². The van der Waals surface area contributed by atoms with E-state index in [9.17, 15) is 4.79 Å². The first kappa shape index (κ1) is 14.7. The lowest BCUT2D eigenvalue weighted by Gasteiger charge is -2.01. The van der Waals surface area contributed by atoms with Gasteiger partial charge in [-0.2, -0.15) is 0 Å². The number of ether oxygens (including phenoxy) is 1. The molecule has 1 aromatic carbocycles.